The molecule has 0 saturated carbocycles. The third-order valence-electron chi connectivity index (χ3n) is 4.67. The highest BCUT2D eigenvalue weighted by molar-refractivity contribution is 5.76. The van der Waals surface area contributed by atoms with Crippen LogP contribution in [0, 0.1) is 0 Å². The van der Waals surface area contributed by atoms with Crippen molar-refractivity contribution >= 4 is 18.1 Å². The van der Waals surface area contributed by atoms with Gasteiger partial charge in [0.15, 0.2) is 6.04 Å². The molecular formula is C27H38N2O9. The molecule has 0 unspecified atom stereocenters. The van der Waals surface area contributed by atoms with Gasteiger partial charge in [-0.3, -0.25) is 9.59 Å². The summed E-state index contributed by atoms with van der Waals surface area (Å²) in [5.41, 5.74) is 6.59. The maximum atomic E-state index is 11.9. The third-order valence-corrected chi connectivity index (χ3v) is 4.67. The lowest BCUT2D eigenvalue weighted by Crippen LogP contribution is -2.45. The zero-order valence-electron chi connectivity index (χ0n) is 22.5. The van der Waals surface area contributed by atoms with Crippen LogP contribution in [0.4, 0.5) is 4.79 Å². The van der Waals surface area contributed by atoms with Gasteiger partial charge in [0.25, 0.3) is 0 Å². The second-order valence-electron chi connectivity index (χ2n) is 8.97. The van der Waals surface area contributed by atoms with E-state index in [1.165, 1.54) is 14.2 Å². The van der Waals surface area contributed by atoms with Gasteiger partial charge >= 0.3 is 18.1 Å². The monoisotopic (exact) mass is 534 g/mol. The second kappa shape index (κ2) is 17.1. The molecule has 3 N–H and O–H groups in total. The van der Waals surface area contributed by atoms with Crippen molar-refractivity contribution in [2.24, 2.45) is 5.73 Å². The molecule has 0 saturated heterocycles. The van der Waals surface area contributed by atoms with Crippen molar-refractivity contribution in [3.63, 3.8) is 0 Å². The van der Waals surface area contributed by atoms with E-state index in [0.29, 0.717) is 6.61 Å². The Morgan fingerprint density at radius 2 is 1.42 bits per heavy atom. The number of benzene rings is 2. The van der Waals surface area contributed by atoms with Crippen molar-refractivity contribution in [2.75, 3.05) is 27.4 Å². The Kier molecular flexibility index (Phi) is 14.6. The molecule has 2 atom stereocenters. The van der Waals surface area contributed by atoms with Crippen molar-refractivity contribution in [1.82, 2.24) is 5.06 Å². The second-order valence-corrected chi connectivity index (χ2v) is 8.97. The molecule has 2 aromatic carbocycles. The highest BCUT2D eigenvalue weighted by Gasteiger charge is 2.31. The van der Waals surface area contributed by atoms with E-state index < -0.39 is 42.4 Å². The van der Waals surface area contributed by atoms with Crippen LogP contribution in [0.25, 0.3) is 0 Å². The minimum Gasteiger partial charge on any atom is -0.468 e. The Bertz CT molecular complexity index is 966. The lowest BCUT2D eigenvalue weighted by atomic mass is 10.2. The standard InChI is InChI=1S/C16H23NO6.C11H15NO3/c1-16(2,3)22-15(20)23-17(13(11-18)14(19)21-4)10-12-8-6-5-7-9-12;1-14-11(13)10(12)8-15-7-9-5-3-2-4-6-9/h5-9,13,18H,10-11H2,1-4H3;2-6,10H,7-8,12H2,1H3/t13-;10-/m11/s1. The lowest BCUT2D eigenvalue weighted by Gasteiger charge is -2.28. The van der Waals surface area contributed by atoms with E-state index in [1.807, 2.05) is 48.5 Å². The Morgan fingerprint density at radius 1 is 0.895 bits per heavy atom. The fourth-order valence-corrected chi connectivity index (χ4v) is 2.85. The van der Waals surface area contributed by atoms with E-state index in [0.717, 1.165) is 16.2 Å². The molecule has 2 rings (SSSR count). The highest BCUT2D eigenvalue weighted by atomic mass is 16.8. The predicted molar refractivity (Wildman–Crippen MR) is 138 cm³/mol. The van der Waals surface area contributed by atoms with E-state index in [4.69, 9.17) is 20.0 Å². The predicted octanol–water partition coefficient (Wildman–Crippen LogP) is 2.59. The number of hydroxylamine groups is 2. The first-order valence-corrected chi connectivity index (χ1v) is 11.9. The molecule has 0 spiro atoms. The molecule has 2 aromatic rings. The van der Waals surface area contributed by atoms with Crippen molar-refractivity contribution in [1.29, 1.82) is 0 Å². The molecule has 0 radical (unpaired) electrons. The zero-order valence-corrected chi connectivity index (χ0v) is 22.5. The van der Waals surface area contributed by atoms with E-state index >= 15 is 0 Å². The van der Waals surface area contributed by atoms with Crippen molar-refractivity contribution in [3.05, 3.63) is 71.8 Å². The quantitative estimate of drug-likeness (QED) is 0.249. The fourth-order valence-electron chi connectivity index (χ4n) is 2.85. The Labute approximate surface area is 223 Å². The topological polar surface area (TPSA) is 147 Å². The average Bonchev–Trinajstić information content (AvgIpc) is 2.88. The van der Waals surface area contributed by atoms with Crippen LogP contribution in [-0.4, -0.2) is 73.4 Å². The minimum absolute atomic E-state index is 0.0976. The van der Waals surface area contributed by atoms with Gasteiger partial charge in [0.1, 0.15) is 11.6 Å². The summed E-state index contributed by atoms with van der Waals surface area (Å²) in [5, 5.41) is 10.5. The minimum atomic E-state index is -1.15. The van der Waals surface area contributed by atoms with Gasteiger partial charge < -0.3 is 34.6 Å². The molecule has 11 nitrogen and oxygen atoms in total. The number of hydrogen-bond acceptors (Lipinski definition) is 11. The maximum Gasteiger partial charge on any atom is 0.528 e. The molecule has 38 heavy (non-hydrogen) atoms. The van der Waals surface area contributed by atoms with Crippen molar-refractivity contribution < 1.29 is 43.3 Å². The Morgan fingerprint density at radius 3 is 1.89 bits per heavy atom. The van der Waals surface area contributed by atoms with Crippen LogP contribution >= 0.6 is 0 Å². The number of aliphatic hydroxyl groups excluding tert-OH is 1. The average molecular weight is 535 g/mol. The molecule has 0 bridgehead atoms. The number of hydrogen-bond donors (Lipinski definition) is 2. The van der Waals surface area contributed by atoms with Gasteiger partial charge in [-0.25, -0.2) is 4.79 Å². The summed E-state index contributed by atoms with van der Waals surface area (Å²) in [7, 11) is 2.50. The maximum absolute atomic E-state index is 11.9. The van der Waals surface area contributed by atoms with Crippen LogP contribution in [-0.2, 0) is 46.5 Å². The van der Waals surface area contributed by atoms with Crippen LogP contribution in [0.3, 0.4) is 0 Å². The summed E-state index contributed by atoms with van der Waals surface area (Å²) in [6, 6.07) is 16.9. The van der Waals surface area contributed by atoms with Gasteiger partial charge in [0.05, 0.1) is 40.6 Å². The number of carbonyl (C=O) groups is 3. The number of aliphatic hydroxyl groups is 1. The van der Waals surface area contributed by atoms with E-state index in [9.17, 15) is 19.5 Å². The van der Waals surface area contributed by atoms with Gasteiger partial charge in [0.2, 0.25) is 0 Å². The van der Waals surface area contributed by atoms with Gasteiger partial charge in [-0.15, -0.1) is 5.06 Å². The van der Waals surface area contributed by atoms with Crippen molar-refractivity contribution in [3.8, 4) is 0 Å². The van der Waals surface area contributed by atoms with Crippen LogP contribution < -0.4 is 5.73 Å². The van der Waals surface area contributed by atoms with Gasteiger partial charge in [-0.1, -0.05) is 60.7 Å². The largest absolute Gasteiger partial charge is 0.528 e. The summed E-state index contributed by atoms with van der Waals surface area (Å²) < 4.78 is 19.5. The molecule has 0 amide bonds. The molecule has 210 valence electrons. The molecule has 0 aliphatic carbocycles. The summed E-state index contributed by atoms with van der Waals surface area (Å²) in [4.78, 5) is 39.7. The third kappa shape index (κ3) is 13.2. The highest BCUT2D eigenvalue weighted by Crippen LogP contribution is 2.14. The summed E-state index contributed by atoms with van der Waals surface area (Å²) in [6.45, 7) is 5.23. The molecule has 0 fully saturated rings. The molecular weight excluding hydrogens is 496 g/mol. The molecule has 11 heteroatoms. The number of ether oxygens (including phenoxy) is 4. The molecule has 0 aliphatic heterocycles. The summed E-state index contributed by atoms with van der Waals surface area (Å²) in [6.07, 6.45) is -0.962. The molecule has 0 aliphatic rings. The Balaban J connectivity index is 0.000000415. The van der Waals surface area contributed by atoms with Crippen LogP contribution in [0.2, 0.25) is 0 Å². The smallest absolute Gasteiger partial charge is 0.468 e. The number of methoxy groups -OCH3 is 2. The fraction of sp³-hybridized carbons (Fsp3) is 0.444. The SMILES string of the molecule is COC(=O)[C@@H](CO)N(Cc1ccccc1)OC(=O)OC(C)(C)C.COC(=O)[C@H](N)COCc1ccccc1. The number of rotatable bonds is 11. The summed E-state index contributed by atoms with van der Waals surface area (Å²) in [5.74, 6) is -1.17. The lowest BCUT2D eigenvalue weighted by molar-refractivity contribution is -0.194. The first-order valence-electron chi connectivity index (χ1n) is 11.9. The van der Waals surface area contributed by atoms with Gasteiger partial charge in [0, 0.05) is 0 Å². The van der Waals surface area contributed by atoms with Crippen LogP contribution in [0.1, 0.15) is 31.9 Å². The number of carbonyl (C=O) groups excluding carboxylic acids is 3. The number of nitrogens with two attached hydrogens (primary N) is 1. The van der Waals surface area contributed by atoms with Gasteiger partial charge in [-0.05, 0) is 31.9 Å². The van der Waals surface area contributed by atoms with Crippen LogP contribution in [0.5, 0.6) is 0 Å². The van der Waals surface area contributed by atoms with Gasteiger partial charge in [-0.2, -0.15) is 0 Å². The normalized spacial score (nSPS) is 12.4. The first-order chi connectivity index (χ1) is 18.0. The number of esters is 2. The number of nitrogens with zero attached hydrogens (tertiary/aromatic N) is 1. The van der Waals surface area contributed by atoms with Crippen LogP contribution in [0.15, 0.2) is 60.7 Å². The first kappa shape index (κ1) is 32.5. The van der Waals surface area contributed by atoms with Crippen molar-refractivity contribution in [2.45, 2.75) is 51.6 Å². The Hall–Kier alpha value is -3.51. The summed E-state index contributed by atoms with van der Waals surface area (Å²) >= 11 is 0. The van der Waals surface area contributed by atoms with E-state index in [-0.39, 0.29) is 13.2 Å². The molecule has 0 heterocycles. The van der Waals surface area contributed by atoms with E-state index in [1.54, 1.807) is 32.9 Å². The molecule has 0 aromatic heterocycles. The van der Waals surface area contributed by atoms with E-state index in [2.05, 4.69) is 9.47 Å². The zero-order chi connectivity index (χ0) is 28.6.